The lowest BCUT2D eigenvalue weighted by Gasteiger charge is -2.29. The van der Waals surface area contributed by atoms with Gasteiger partial charge < -0.3 is 15.2 Å². The van der Waals surface area contributed by atoms with Crippen molar-refractivity contribution >= 4 is 12.1 Å². The van der Waals surface area contributed by atoms with Crippen LogP contribution in [0.4, 0.5) is 4.79 Å². The predicted octanol–water partition coefficient (Wildman–Crippen LogP) is 2.79. The Balaban J connectivity index is 2.61. The maximum absolute atomic E-state index is 11.7. The molecule has 1 aliphatic rings. The Hall–Kier alpha value is -1.26. The normalized spacial score (nSPS) is 27.4. The monoisotopic (exact) mass is 271 g/mol. The average molecular weight is 271 g/mol. The Morgan fingerprint density at radius 2 is 1.95 bits per heavy atom. The van der Waals surface area contributed by atoms with Crippen LogP contribution in [0.3, 0.4) is 0 Å². The molecule has 0 saturated heterocycles. The number of hydrogen-bond donors (Lipinski definition) is 2. The molecule has 1 unspecified atom stereocenters. The van der Waals surface area contributed by atoms with E-state index in [2.05, 4.69) is 5.32 Å². The van der Waals surface area contributed by atoms with Gasteiger partial charge in [0.05, 0.1) is 5.41 Å². The maximum atomic E-state index is 11.7. The van der Waals surface area contributed by atoms with Crippen LogP contribution in [0.5, 0.6) is 0 Å². The molecule has 1 rings (SSSR count). The lowest BCUT2D eigenvalue weighted by atomic mass is 9.75. The Morgan fingerprint density at radius 1 is 1.37 bits per heavy atom. The molecule has 0 aromatic heterocycles. The van der Waals surface area contributed by atoms with Gasteiger partial charge in [-0.25, -0.2) is 4.79 Å². The van der Waals surface area contributed by atoms with Gasteiger partial charge in [-0.1, -0.05) is 13.8 Å². The Bertz CT molecular complexity index is 359. The second kappa shape index (κ2) is 5.39. The van der Waals surface area contributed by atoms with E-state index >= 15 is 0 Å². The molecule has 5 nitrogen and oxygen atoms in total. The van der Waals surface area contributed by atoms with E-state index in [-0.39, 0.29) is 12.0 Å². The lowest BCUT2D eigenvalue weighted by molar-refractivity contribution is -0.151. The number of hydrogen-bond acceptors (Lipinski definition) is 3. The fourth-order valence-electron chi connectivity index (χ4n) is 2.64. The van der Waals surface area contributed by atoms with E-state index in [9.17, 15) is 14.7 Å². The first kappa shape index (κ1) is 15.8. The van der Waals surface area contributed by atoms with E-state index in [1.54, 1.807) is 20.8 Å². The summed E-state index contributed by atoms with van der Waals surface area (Å²) >= 11 is 0. The van der Waals surface area contributed by atoms with E-state index in [1.807, 2.05) is 13.8 Å². The molecule has 0 aromatic rings. The van der Waals surface area contributed by atoms with Crippen molar-refractivity contribution in [3.8, 4) is 0 Å². The van der Waals surface area contributed by atoms with Crippen LogP contribution in [-0.2, 0) is 9.53 Å². The second-order valence-electron chi connectivity index (χ2n) is 6.70. The molecule has 110 valence electrons. The highest BCUT2D eigenvalue weighted by molar-refractivity contribution is 5.76. The predicted molar refractivity (Wildman–Crippen MR) is 71.9 cm³/mol. The number of amides is 1. The van der Waals surface area contributed by atoms with Gasteiger partial charge in [-0.2, -0.15) is 0 Å². The number of rotatable bonds is 3. The van der Waals surface area contributed by atoms with E-state index in [1.165, 1.54) is 0 Å². The number of carboxylic acids is 1. The van der Waals surface area contributed by atoms with Crippen molar-refractivity contribution in [2.75, 3.05) is 0 Å². The largest absolute Gasteiger partial charge is 0.481 e. The summed E-state index contributed by atoms with van der Waals surface area (Å²) in [5, 5.41) is 12.2. The average Bonchev–Trinajstić information content (AvgIpc) is 2.59. The third-order valence-electron chi connectivity index (χ3n) is 3.80. The molecule has 1 amide bonds. The van der Waals surface area contributed by atoms with E-state index in [0.717, 1.165) is 0 Å². The number of nitrogens with one attached hydrogen (secondary N) is 1. The van der Waals surface area contributed by atoms with Gasteiger partial charge in [0.1, 0.15) is 5.60 Å². The van der Waals surface area contributed by atoms with E-state index in [4.69, 9.17) is 4.74 Å². The van der Waals surface area contributed by atoms with Gasteiger partial charge in [0, 0.05) is 6.04 Å². The molecule has 1 fully saturated rings. The van der Waals surface area contributed by atoms with Crippen LogP contribution in [0.25, 0.3) is 0 Å². The summed E-state index contributed by atoms with van der Waals surface area (Å²) in [6, 6.07) is -0.117. The summed E-state index contributed by atoms with van der Waals surface area (Å²) in [5.41, 5.74) is -1.26. The smallest absolute Gasteiger partial charge is 0.407 e. The van der Waals surface area contributed by atoms with Crippen LogP contribution >= 0.6 is 0 Å². The van der Waals surface area contributed by atoms with Gasteiger partial charge in [0.15, 0.2) is 0 Å². The van der Waals surface area contributed by atoms with E-state index < -0.39 is 23.1 Å². The summed E-state index contributed by atoms with van der Waals surface area (Å²) in [7, 11) is 0. The van der Waals surface area contributed by atoms with Crippen molar-refractivity contribution in [3.05, 3.63) is 0 Å². The molecule has 1 aliphatic carbocycles. The molecule has 19 heavy (non-hydrogen) atoms. The number of carbonyl (C=O) groups is 2. The fourth-order valence-corrected chi connectivity index (χ4v) is 2.64. The van der Waals surface area contributed by atoms with E-state index in [0.29, 0.717) is 19.3 Å². The molecule has 0 aromatic carbocycles. The minimum atomic E-state index is -0.768. The first-order valence-corrected chi connectivity index (χ1v) is 6.80. The summed E-state index contributed by atoms with van der Waals surface area (Å²) in [4.78, 5) is 23.2. The molecular formula is C14H25NO4. The zero-order chi connectivity index (χ0) is 14.8. The third-order valence-corrected chi connectivity index (χ3v) is 3.80. The quantitative estimate of drug-likeness (QED) is 0.827. The zero-order valence-electron chi connectivity index (χ0n) is 12.4. The minimum Gasteiger partial charge on any atom is -0.481 e. The van der Waals surface area contributed by atoms with Crippen LogP contribution in [0.2, 0.25) is 0 Å². The molecule has 0 bridgehead atoms. The molecule has 1 saturated carbocycles. The van der Waals surface area contributed by atoms with Crippen LogP contribution in [0.15, 0.2) is 0 Å². The second-order valence-corrected chi connectivity index (χ2v) is 6.70. The topological polar surface area (TPSA) is 75.6 Å². The number of carboxylic acid groups (broad SMARTS) is 1. The lowest BCUT2D eigenvalue weighted by Crippen LogP contribution is -2.40. The number of alkyl carbamates (subject to hydrolysis) is 1. The van der Waals surface area contributed by atoms with Gasteiger partial charge in [-0.3, -0.25) is 4.79 Å². The standard InChI is InChI=1S/C14H25NO4/c1-9(2)14(11(16)17)7-6-10(8-14)15-12(18)19-13(3,4)5/h9-10H,6-8H2,1-5H3,(H,15,18)(H,16,17)/t10-,14?/m1/s1. The van der Waals surface area contributed by atoms with Crippen molar-refractivity contribution in [2.45, 2.75) is 65.5 Å². The van der Waals surface area contributed by atoms with Gasteiger partial charge in [-0.15, -0.1) is 0 Å². The van der Waals surface area contributed by atoms with Crippen molar-refractivity contribution < 1.29 is 19.4 Å². The van der Waals surface area contributed by atoms with Crippen molar-refractivity contribution in [1.82, 2.24) is 5.32 Å². The highest BCUT2D eigenvalue weighted by Crippen LogP contribution is 2.44. The van der Waals surface area contributed by atoms with Gasteiger partial charge >= 0.3 is 12.1 Å². The maximum Gasteiger partial charge on any atom is 0.407 e. The third kappa shape index (κ3) is 3.85. The number of carbonyl (C=O) groups excluding carboxylic acids is 1. The molecule has 0 radical (unpaired) electrons. The molecule has 5 heteroatoms. The zero-order valence-corrected chi connectivity index (χ0v) is 12.4. The van der Waals surface area contributed by atoms with Gasteiger partial charge in [0.25, 0.3) is 0 Å². The van der Waals surface area contributed by atoms with Crippen LogP contribution in [0, 0.1) is 11.3 Å². The first-order valence-electron chi connectivity index (χ1n) is 6.80. The fraction of sp³-hybridized carbons (Fsp3) is 0.857. The van der Waals surface area contributed by atoms with Crippen LogP contribution in [-0.4, -0.2) is 28.8 Å². The first-order chi connectivity index (χ1) is 8.57. The highest BCUT2D eigenvalue weighted by Gasteiger charge is 2.48. The molecular weight excluding hydrogens is 246 g/mol. The number of aliphatic carboxylic acids is 1. The summed E-state index contributed by atoms with van der Waals surface area (Å²) in [6.07, 6.45) is 1.28. The molecule has 2 atom stereocenters. The minimum absolute atomic E-state index is 0.0513. The molecule has 0 heterocycles. The van der Waals surface area contributed by atoms with Crippen molar-refractivity contribution in [3.63, 3.8) is 0 Å². The Labute approximate surface area is 114 Å². The molecule has 0 spiro atoms. The summed E-state index contributed by atoms with van der Waals surface area (Å²) < 4.78 is 5.19. The van der Waals surface area contributed by atoms with Gasteiger partial charge in [-0.05, 0) is 46.0 Å². The number of ether oxygens (including phenoxy) is 1. The van der Waals surface area contributed by atoms with Crippen LogP contribution < -0.4 is 5.32 Å². The van der Waals surface area contributed by atoms with Gasteiger partial charge in [0.2, 0.25) is 0 Å². The van der Waals surface area contributed by atoms with Crippen LogP contribution in [0.1, 0.15) is 53.9 Å². The van der Waals surface area contributed by atoms with Crippen molar-refractivity contribution in [1.29, 1.82) is 0 Å². The Morgan fingerprint density at radius 3 is 2.32 bits per heavy atom. The summed E-state index contributed by atoms with van der Waals surface area (Å²) in [6.45, 7) is 9.25. The SMILES string of the molecule is CC(C)C1(C(=O)O)CC[C@@H](NC(=O)OC(C)(C)C)C1. The molecule has 2 N–H and O–H groups in total. The summed E-state index contributed by atoms with van der Waals surface area (Å²) in [5.74, 6) is -0.716. The molecule has 0 aliphatic heterocycles. The highest BCUT2D eigenvalue weighted by atomic mass is 16.6. The Kier molecular flexibility index (Phi) is 4.48. The van der Waals surface area contributed by atoms with Crippen molar-refractivity contribution in [2.24, 2.45) is 11.3 Å².